The lowest BCUT2D eigenvalue weighted by Gasteiger charge is -2.11. The summed E-state index contributed by atoms with van der Waals surface area (Å²) in [6, 6.07) is 23.4. The van der Waals surface area contributed by atoms with E-state index < -0.39 is 0 Å². The molecule has 1 aliphatic heterocycles. The van der Waals surface area contributed by atoms with Crippen LogP contribution in [0.5, 0.6) is 11.5 Å². The van der Waals surface area contributed by atoms with Gasteiger partial charge in [-0.3, -0.25) is 9.20 Å². The number of hydrogen-bond donors (Lipinski definition) is 1. The molecule has 3 heterocycles. The van der Waals surface area contributed by atoms with Gasteiger partial charge in [0.25, 0.3) is 5.91 Å². The van der Waals surface area contributed by atoms with Crippen LogP contribution in [0.15, 0.2) is 79.0 Å². The van der Waals surface area contributed by atoms with E-state index in [-0.39, 0.29) is 5.91 Å². The molecule has 5 aromatic rings. The number of rotatable bonds is 7. The fourth-order valence-corrected chi connectivity index (χ4v) is 5.67. The van der Waals surface area contributed by atoms with Gasteiger partial charge in [-0.05, 0) is 85.8 Å². The molecule has 39 heavy (non-hydrogen) atoms. The summed E-state index contributed by atoms with van der Waals surface area (Å²) < 4.78 is 15.5. The lowest BCUT2D eigenvalue weighted by atomic mass is 9.97. The number of nitrogens with zero attached hydrogens (tertiary/aromatic N) is 2. The number of benzene rings is 3. The average Bonchev–Trinajstić information content (AvgIpc) is 3.37. The number of amides is 1. The summed E-state index contributed by atoms with van der Waals surface area (Å²) >= 11 is 6.24. The number of ether oxygens (including phenoxy) is 2. The van der Waals surface area contributed by atoms with Crippen molar-refractivity contribution < 1.29 is 14.3 Å². The lowest BCUT2D eigenvalue weighted by molar-refractivity contribution is 0.102. The first kappa shape index (κ1) is 25.1. The number of hydrogen-bond acceptors (Lipinski definition) is 3. The van der Waals surface area contributed by atoms with Gasteiger partial charge in [-0.2, -0.15) is 0 Å². The second-order valence-corrected chi connectivity index (χ2v) is 10.1. The van der Waals surface area contributed by atoms with E-state index in [2.05, 4.69) is 32.6 Å². The van der Waals surface area contributed by atoms with Crippen molar-refractivity contribution in [3.8, 4) is 33.9 Å². The maximum absolute atomic E-state index is 14.1. The molecule has 198 valence electrons. The molecule has 3 aromatic carbocycles. The molecule has 0 spiro atoms. The van der Waals surface area contributed by atoms with E-state index in [1.54, 1.807) is 7.11 Å². The van der Waals surface area contributed by atoms with Gasteiger partial charge in [0.2, 0.25) is 0 Å². The average molecular weight is 540 g/mol. The van der Waals surface area contributed by atoms with Crippen LogP contribution >= 0.6 is 11.6 Å². The zero-order valence-corrected chi connectivity index (χ0v) is 22.8. The van der Waals surface area contributed by atoms with Crippen molar-refractivity contribution in [2.24, 2.45) is 0 Å². The summed E-state index contributed by atoms with van der Waals surface area (Å²) in [7, 11) is 1.62. The predicted molar refractivity (Wildman–Crippen MR) is 156 cm³/mol. The Morgan fingerprint density at radius 3 is 2.49 bits per heavy atom. The van der Waals surface area contributed by atoms with Crippen molar-refractivity contribution >= 4 is 28.8 Å². The number of imidazole rings is 1. The Kier molecular flexibility index (Phi) is 6.79. The summed E-state index contributed by atoms with van der Waals surface area (Å²) in [6.45, 7) is 3.49. The first-order valence-corrected chi connectivity index (χ1v) is 13.7. The molecule has 0 saturated heterocycles. The van der Waals surface area contributed by atoms with Crippen LogP contribution in [0, 0.1) is 0 Å². The highest BCUT2D eigenvalue weighted by Gasteiger charge is 2.29. The third-order valence-electron chi connectivity index (χ3n) is 7.27. The zero-order valence-electron chi connectivity index (χ0n) is 22.0. The maximum Gasteiger partial charge on any atom is 0.273 e. The van der Waals surface area contributed by atoms with Gasteiger partial charge in [-0.15, -0.1) is 0 Å². The first-order chi connectivity index (χ1) is 19.1. The number of carbonyl (C=O) groups excluding carboxylic acids is 1. The van der Waals surface area contributed by atoms with Gasteiger partial charge in [-0.25, -0.2) is 0 Å². The number of methoxy groups -OCH3 is 1. The fraction of sp³-hybridized carbons (Fsp3) is 0.219. The van der Waals surface area contributed by atoms with Crippen LogP contribution in [0.2, 0.25) is 5.02 Å². The molecule has 6 rings (SSSR count). The summed E-state index contributed by atoms with van der Waals surface area (Å²) in [5, 5.41) is 3.78. The molecule has 1 N–H and O–H groups in total. The molecular weight excluding hydrogens is 510 g/mol. The van der Waals surface area contributed by atoms with Crippen LogP contribution in [0.25, 0.3) is 28.0 Å². The Morgan fingerprint density at radius 2 is 1.74 bits per heavy atom. The van der Waals surface area contributed by atoms with E-state index in [1.807, 2.05) is 67.6 Å². The molecule has 0 bridgehead atoms. The number of halogens is 1. The molecule has 0 fully saturated rings. The molecule has 0 unspecified atom stereocenters. The number of carbonyl (C=O) groups is 1. The Balaban J connectivity index is 1.55. The molecule has 0 atom stereocenters. The van der Waals surface area contributed by atoms with Crippen molar-refractivity contribution in [3.63, 3.8) is 0 Å². The second kappa shape index (κ2) is 10.5. The van der Waals surface area contributed by atoms with Crippen LogP contribution in [0.3, 0.4) is 0 Å². The molecule has 7 heteroatoms. The van der Waals surface area contributed by atoms with Crippen molar-refractivity contribution in [1.82, 2.24) is 8.97 Å². The lowest BCUT2D eigenvalue weighted by Crippen LogP contribution is -2.15. The van der Waals surface area contributed by atoms with Gasteiger partial charge in [0.1, 0.15) is 22.8 Å². The topological polar surface area (TPSA) is 56.9 Å². The predicted octanol–water partition coefficient (Wildman–Crippen LogP) is 7.72. The third kappa shape index (κ3) is 4.66. The van der Waals surface area contributed by atoms with E-state index in [0.29, 0.717) is 28.8 Å². The number of nitrogens with one attached hydrogen (secondary N) is 1. The molecular formula is C32H30ClN3O3. The molecule has 1 amide bonds. The normalized spacial score (nSPS) is 12.8. The minimum atomic E-state index is -0.176. The summed E-state index contributed by atoms with van der Waals surface area (Å²) in [6.07, 6.45) is 5.09. The maximum atomic E-state index is 14.1. The minimum absolute atomic E-state index is 0.176. The quantitative estimate of drug-likeness (QED) is 0.230. The zero-order chi connectivity index (χ0) is 26.9. The highest BCUT2D eigenvalue weighted by molar-refractivity contribution is 6.30. The summed E-state index contributed by atoms with van der Waals surface area (Å²) in [5.41, 5.74) is 7.63. The standard InChI is InChI=1S/C32H30ClN3O3/c1-3-39-25-16-12-21(13-17-25)28-20-36-30(31(37)34-24-7-6-8-26(19-24)38-2)29(22-10-14-23(33)15-11-22)27-9-4-5-18-35(28)32(27)36/h6-8,10-17,19-20H,3-5,9,18H2,1-2H3,(H,34,37). The molecule has 6 nitrogen and oxygen atoms in total. The van der Waals surface area contributed by atoms with E-state index in [1.165, 1.54) is 5.56 Å². The van der Waals surface area contributed by atoms with Crippen LogP contribution in [0.1, 0.15) is 35.8 Å². The van der Waals surface area contributed by atoms with E-state index in [4.69, 9.17) is 21.1 Å². The smallest absolute Gasteiger partial charge is 0.273 e. The van der Waals surface area contributed by atoms with Gasteiger partial charge >= 0.3 is 0 Å². The molecule has 1 aliphatic rings. The third-order valence-corrected chi connectivity index (χ3v) is 7.52. The van der Waals surface area contributed by atoms with E-state index in [0.717, 1.165) is 59.6 Å². The number of aryl methyl sites for hydroxylation is 2. The molecule has 0 aliphatic carbocycles. The second-order valence-electron chi connectivity index (χ2n) is 9.67. The fourth-order valence-electron chi connectivity index (χ4n) is 5.55. The van der Waals surface area contributed by atoms with E-state index in [9.17, 15) is 4.79 Å². The van der Waals surface area contributed by atoms with Gasteiger partial charge in [0, 0.05) is 40.6 Å². The van der Waals surface area contributed by atoms with Crippen LogP contribution < -0.4 is 14.8 Å². The van der Waals surface area contributed by atoms with Gasteiger partial charge in [0.05, 0.1) is 19.4 Å². The summed E-state index contributed by atoms with van der Waals surface area (Å²) in [4.78, 5) is 14.1. The highest BCUT2D eigenvalue weighted by Crippen LogP contribution is 2.40. The Labute approximate surface area is 232 Å². The molecule has 0 radical (unpaired) electrons. The van der Waals surface area contributed by atoms with Gasteiger partial charge < -0.3 is 19.4 Å². The molecule has 2 aromatic heterocycles. The van der Waals surface area contributed by atoms with Crippen molar-refractivity contribution in [2.75, 3.05) is 19.0 Å². The van der Waals surface area contributed by atoms with Gasteiger partial charge in [-0.1, -0.05) is 29.8 Å². The highest BCUT2D eigenvalue weighted by atomic mass is 35.5. The van der Waals surface area contributed by atoms with Crippen molar-refractivity contribution in [1.29, 1.82) is 0 Å². The van der Waals surface area contributed by atoms with Crippen LogP contribution in [0.4, 0.5) is 5.69 Å². The Bertz CT molecular complexity index is 1650. The minimum Gasteiger partial charge on any atom is -0.497 e. The van der Waals surface area contributed by atoms with Crippen molar-refractivity contribution in [2.45, 2.75) is 32.7 Å². The van der Waals surface area contributed by atoms with Gasteiger partial charge in [0.15, 0.2) is 0 Å². The molecule has 0 saturated carbocycles. The Hall–Kier alpha value is -4.16. The van der Waals surface area contributed by atoms with E-state index >= 15 is 0 Å². The first-order valence-electron chi connectivity index (χ1n) is 13.3. The number of anilines is 1. The monoisotopic (exact) mass is 539 g/mol. The van der Waals surface area contributed by atoms with Crippen LogP contribution in [-0.2, 0) is 13.0 Å². The summed E-state index contributed by atoms with van der Waals surface area (Å²) in [5.74, 6) is 1.36. The SMILES string of the molecule is CCOc1ccc(-c2cn3c(C(=O)Nc4cccc(OC)c4)c(-c4ccc(Cl)cc4)c4c3n2CCCC4)cc1. The number of aromatic nitrogens is 2. The Morgan fingerprint density at radius 1 is 0.974 bits per heavy atom. The largest absolute Gasteiger partial charge is 0.497 e. The van der Waals surface area contributed by atoms with Crippen molar-refractivity contribution in [3.05, 3.63) is 95.3 Å². The van der Waals surface area contributed by atoms with Crippen LogP contribution in [-0.4, -0.2) is 28.6 Å².